The zero-order chi connectivity index (χ0) is 14.4. The summed E-state index contributed by atoms with van der Waals surface area (Å²) in [6.45, 7) is 2.44. The molecule has 0 unspecified atom stereocenters. The Morgan fingerprint density at radius 3 is 2.50 bits per heavy atom. The van der Waals surface area contributed by atoms with Crippen molar-refractivity contribution >= 4 is 5.91 Å². The highest BCUT2D eigenvalue weighted by Crippen LogP contribution is 2.16. The van der Waals surface area contributed by atoms with Crippen molar-refractivity contribution in [2.75, 3.05) is 0 Å². The van der Waals surface area contributed by atoms with Crippen LogP contribution in [0.15, 0.2) is 48.5 Å². The predicted octanol–water partition coefficient (Wildman–Crippen LogP) is 2.43. The van der Waals surface area contributed by atoms with Gasteiger partial charge in [0.1, 0.15) is 12.4 Å². The normalized spacial score (nSPS) is 10.1. The summed E-state index contributed by atoms with van der Waals surface area (Å²) in [4.78, 5) is 11.6. The van der Waals surface area contributed by atoms with Crippen molar-refractivity contribution in [1.82, 2.24) is 5.43 Å². The number of amides is 1. The summed E-state index contributed by atoms with van der Waals surface area (Å²) in [6, 6.07) is 15.2. The van der Waals surface area contributed by atoms with E-state index in [0.717, 1.165) is 17.7 Å². The molecule has 2 aromatic carbocycles. The zero-order valence-corrected chi connectivity index (χ0v) is 11.4. The number of carbonyl (C=O) groups excluding carboxylic acids is 1. The molecule has 0 aliphatic carbocycles. The number of rotatable bonds is 5. The second-order valence-corrected chi connectivity index (χ2v) is 4.42. The van der Waals surface area contributed by atoms with E-state index in [-0.39, 0.29) is 5.91 Å². The first-order valence-electron chi connectivity index (χ1n) is 6.55. The van der Waals surface area contributed by atoms with Crippen molar-refractivity contribution < 1.29 is 9.53 Å². The van der Waals surface area contributed by atoms with E-state index in [2.05, 4.69) is 12.3 Å². The number of ether oxygens (including phenoxy) is 1. The molecule has 0 aromatic heterocycles. The third kappa shape index (κ3) is 3.36. The van der Waals surface area contributed by atoms with Crippen LogP contribution >= 0.6 is 0 Å². The summed E-state index contributed by atoms with van der Waals surface area (Å²) in [5.41, 5.74) is 4.73. The van der Waals surface area contributed by atoms with E-state index in [9.17, 15) is 4.79 Å². The molecule has 4 nitrogen and oxygen atoms in total. The first-order valence-corrected chi connectivity index (χ1v) is 6.55. The van der Waals surface area contributed by atoms with E-state index in [1.54, 1.807) is 12.1 Å². The van der Waals surface area contributed by atoms with E-state index < -0.39 is 0 Å². The van der Waals surface area contributed by atoms with Crippen LogP contribution in [0.5, 0.6) is 5.75 Å². The standard InChI is InChI=1S/C16H18N2O2/c1-2-12-7-9-14(10-8-12)20-11-13-5-3-4-6-15(13)16(19)18-17/h3-10H,2,11,17H2,1H3,(H,18,19). The third-order valence-corrected chi connectivity index (χ3v) is 3.12. The quantitative estimate of drug-likeness (QED) is 0.498. The highest BCUT2D eigenvalue weighted by atomic mass is 16.5. The van der Waals surface area contributed by atoms with Crippen molar-refractivity contribution in [3.63, 3.8) is 0 Å². The Hall–Kier alpha value is -2.33. The lowest BCUT2D eigenvalue weighted by Crippen LogP contribution is -2.30. The van der Waals surface area contributed by atoms with Crippen LogP contribution in [0.25, 0.3) is 0 Å². The van der Waals surface area contributed by atoms with Crippen molar-refractivity contribution in [3.05, 3.63) is 65.2 Å². The summed E-state index contributed by atoms with van der Waals surface area (Å²) in [5, 5.41) is 0. The van der Waals surface area contributed by atoms with E-state index in [4.69, 9.17) is 10.6 Å². The molecule has 2 rings (SSSR count). The molecule has 0 aliphatic rings. The highest BCUT2D eigenvalue weighted by Gasteiger charge is 2.09. The van der Waals surface area contributed by atoms with Crippen LogP contribution < -0.4 is 16.0 Å². The lowest BCUT2D eigenvalue weighted by atomic mass is 10.1. The second kappa shape index (κ2) is 6.73. The minimum absolute atomic E-state index is 0.314. The van der Waals surface area contributed by atoms with Gasteiger partial charge in [0.15, 0.2) is 0 Å². The summed E-state index contributed by atoms with van der Waals surface area (Å²) in [6.07, 6.45) is 1.000. The van der Waals surface area contributed by atoms with Gasteiger partial charge in [-0.1, -0.05) is 37.3 Å². The average Bonchev–Trinajstić information content (AvgIpc) is 2.53. The topological polar surface area (TPSA) is 64.3 Å². The predicted molar refractivity (Wildman–Crippen MR) is 78.2 cm³/mol. The Bertz CT molecular complexity index is 579. The monoisotopic (exact) mass is 270 g/mol. The summed E-state index contributed by atoms with van der Waals surface area (Å²) in [7, 11) is 0. The molecule has 0 aliphatic heterocycles. The first-order chi connectivity index (χ1) is 9.74. The van der Waals surface area contributed by atoms with Gasteiger partial charge in [-0.2, -0.15) is 0 Å². The molecule has 2 aromatic rings. The Kier molecular flexibility index (Phi) is 4.74. The summed E-state index contributed by atoms with van der Waals surface area (Å²) >= 11 is 0. The van der Waals surface area contributed by atoms with Gasteiger partial charge in [0, 0.05) is 11.1 Å². The van der Waals surface area contributed by atoms with E-state index >= 15 is 0 Å². The maximum absolute atomic E-state index is 11.6. The number of aryl methyl sites for hydroxylation is 1. The van der Waals surface area contributed by atoms with Gasteiger partial charge in [-0.05, 0) is 30.2 Å². The van der Waals surface area contributed by atoms with Crippen LogP contribution in [0, 0.1) is 0 Å². The van der Waals surface area contributed by atoms with Crippen LogP contribution in [-0.2, 0) is 13.0 Å². The van der Waals surface area contributed by atoms with E-state index in [1.165, 1.54) is 5.56 Å². The molecule has 0 saturated heterocycles. The maximum Gasteiger partial charge on any atom is 0.265 e. The summed E-state index contributed by atoms with van der Waals surface area (Å²) in [5.74, 6) is 5.64. The maximum atomic E-state index is 11.6. The molecular weight excluding hydrogens is 252 g/mol. The van der Waals surface area contributed by atoms with Gasteiger partial charge in [0.25, 0.3) is 5.91 Å². The smallest absolute Gasteiger partial charge is 0.265 e. The minimum atomic E-state index is -0.314. The van der Waals surface area contributed by atoms with E-state index in [0.29, 0.717) is 12.2 Å². The van der Waals surface area contributed by atoms with Crippen molar-refractivity contribution in [3.8, 4) is 5.75 Å². The molecule has 0 fully saturated rings. The molecule has 4 heteroatoms. The van der Waals surface area contributed by atoms with Gasteiger partial charge >= 0.3 is 0 Å². The number of hydrazine groups is 1. The van der Waals surface area contributed by atoms with Crippen molar-refractivity contribution in [2.24, 2.45) is 5.84 Å². The molecule has 0 heterocycles. The Labute approximate surface area is 118 Å². The Balaban J connectivity index is 2.08. The van der Waals surface area contributed by atoms with Crippen LogP contribution in [0.3, 0.4) is 0 Å². The fraction of sp³-hybridized carbons (Fsp3) is 0.188. The van der Waals surface area contributed by atoms with Crippen LogP contribution in [-0.4, -0.2) is 5.91 Å². The largest absolute Gasteiger partial charge is 0.489 e. The Morgan fingerprint density at radius 2 is 1.85 bits per heavy atom. The van der Waals surface area contributed by atoms with Crippen LogP contribution in [0.1, 0.15) is 28.4 Å². The highest BCUT2D eigenvalue weighted by molar-refractivity contribution is 5.95. The number of benzene rings is 2. The fourth-order valence-electron chi connectivity index (χ4n) is 1.93. The van der Waals surface area contributed by atoms with Crippen molar-refractivity contribution in [2.45, 2.75) is 20.0 Å². The number of hydrogen-bond donors (Lipinski definition) is 2. The lowest BCUT2D eigenvalue weighted by molar-refractivity contribution is 0.0951. The number of nitrogen functional groups attached to an aromatic ring is 1. The molecule has 0 spiro atoms. The third-order valence-electron chi connectivity index (χ3n) is 3.12. The first kappa shape index (κ1) is 14.1. The molecule has 0 atom stereocenters. The molecule has 3 N–H and O–H groups in total. The van der Waals surface area contributed by atoms with Crippen molar-refractivity contribution in [1.29, 1.82) is 0 Å². The molecule has 0 bridgehead atoms. The molecule has 104 valence electrons. The minimum Gasteiger partial charge on any atom is -0.489 e. The fourth-order valence-corrected chi connectivity index (χ4v) is 1.93. The molecule has 20 heavy (non-hydrogen) atoms. The SMILES string of the molecule is CCc1ccc(OCc2ccccc2C(=O)NN)cc1. The summed E-state index contributed by atoms with van der Waals surface area (Å²) < 4.78 is 5.71. The van der Waals surface area contributed by atoms with Gasteiger partial charge in [-0.15, -0.1) is 0 Å². The molecular formula is C16H18N2O2. The van der Waals surface area contributed by atoms with E-state index in [1.807, 2.05) is 36.4 Å². The van der Waals surface area contributed by atoms with Gasteiger partial charge in [-0.3, -0.25) is 10.2 Å². The molecule has 0 radical (unpaired) electrons. The average molecular weight is 270 g/mol. The van der Waals surface area contributed by atoms with Gasteiger partial charge in [-0.25, -0.2) is 5.84 Å². The van der Waals surface area contributed by atoms with Gasteiger partial charge < -0.3 is 4.74 Å². The molecule has 1 amide bonds. The number of hydrogen-bond acceptors (Lipinski definition) is 3. The van der Waals surface area contributed by atoms with Crippen LogP contribution in [0.4, 0.5) is 0 Å². The number of nitrogens with one attached hydrogen (secondary N) is 1. The number of carbonyl (C=O) groups is 1. The van der Waals surface area contributed by atoms with Crippen LogP contribution in [0.2, 0.25) is 0 Å². The lowest BCUT2D eigenvalue weighted by Gasteiger charge is -2.10. The Morgan fingerprint density at radius 1 is 1.15 bits per heavy atom. The second-order valence-electron chi connectivity index (χ2n) is 4.42. The number of nitrogens with two attached hydrogens (primary N) is 1. The zero-order valence-electron chi connectivity index (χ0n) is 11.4. The molecule has 0 saturated carbocycles. The van der Waals surface area contributed by atoms with Gasteiger partial charge in [0.2, 0.25) is 0 Å². The van der Waals surface area contributed by atoms with Gasteiger partial charge in [0.05, 0.1) is 0 Å².